The Morgan fingerprint density at radius 1 is 0.903 bits per heavy atom. The van der Waals surface area contributed by atoms with Gasteiger partial charge in [-0.05, 0) is 23.1 Å². The van der Waals surface area contributed by atoms with E-state index in [1.807, 2.05) is 97.9 Å². The third kappa shape index (κ3) is 4.43. The largest absolute Gasteiger partial charge is 0.460 e. The van der Waals surface area contributed by atoms with Gasteiger partial charge in [0.05, 0.1) is 6.04 Å². The molecule has 4 heteroatoms. The number of amides is 1. The van der Waals surface area contributed by atoms with Crippen molar-refractivity contribution in [2.75, 3.05) is 6.61 Å². The second-order valence-electron chi connectivity index (χ2n) is 7.22. The van der Waals surface area contributed by atoms with Crippen LogP contribution < -0.4 is 0 Å². The van der Waals surface area contributed by atoms with Gasteiger partial charge in [-0.1, -0.05) is 104 Å². The molecule has 0 N–H and O–H groups in total. The van der Waals surface area contributed by atoms with Crippen LogP contribution in [-0.4, -0.2) is 29.9 Å². The second-order valence-corrected chi connectivity index (χ2v) is 7.22. The van der Waals surface area contributed by atoms with Crippen molar-refractivity contribution in [3.05, 3.63) is 120 Å². The van der Waals surface area contributed by atoms with Gasteiger partial charge in [-0.3, -0.25) is 4.79 Å². The molecule has 0 saturated carbocycles. The van der Waals surface area contributed by atoms with Crippen LogP contribution in [-0.2, 0) is 19.9 Å². The quantitative estimate of drug-likeness (QED) is 0.205. The highest BCUT2D eigenvalue weighted by Crippen LogP contribution is 2.43. The zero-order valence-electron chi connectivity index (χ0n) is 17.7. The van der Waals surface area contributed by atoms with E-state index in [-0.39, 0.29) is 12.6 Å². The van der Waals surface area contributed by atoms with Crippen molar-refractivity contribution in [3.63, 3.8) is 0 Å². The van der Waals surface area contributed by atoms with Crippen LogP contribution in [0.3, 0.4) is 0 Å². The number of carbonyl (C=O) groups is 2. The Bertz CT molecular complexity index is 890. The number of hydrogen-bond donors (Lipinski definition) is 0. The minimum absolute atomic E-state index is 0.0777. The van der Waals surface area contributed by atoms with Gasteiger partial charge in [0.2, 0.25) is 6.41 Å². The maximum atomic E-state index is 12.8. The zero-order valence-corrected chi connectivity index (χ0v) is 17.7. The molecule has 1 unspecified atom stereocenters. The monoisotopic (exact) mass is 413 g/mol. The van der Waals surface area contributed by atoms with E-state index in [4.69, 9.17) is 4.74 Å². The Hall–Kier alpha value is -3.66. The molecule has 1 amide bonds. The smallest absolute Gasteiger partial charge is 0.330 e. The lowest BCUT2D eigenvalue weighted by Crippen LogP contribution is -2.53. The average Bonchev–Trinajstić information content (AvgIpc) is 2.85. The third-order valence-electron chi connectivity index (χ3n) is 5.52. The van der Waals surface area contributed by atoms with E-state index in [1.54, 1.807) is 4.90 Å². The summed E-state index contributed by atoms with van der Waals surface area (Å²) in [6.07, 6.45) is 2.61. The normalized spacial score (nSPS) is 11.9. The van der Waals surface area contributed by atoms with Crippen molar-refractivity contribution in [2.24, 2.45) is 0 Å². The first-order chi connectivity index (χ1) is 15.2. The predicted molar refractivity (Wildman–Crippen MR) is 122 cm³/mol. The molecule has 0 heterocycles. The number of benzene rings is 3. The summed E-state index contributed by atoms with van der Waals surface area (Å²) in [6, 6.07) is 29.5. The van der Waals surface area contributed by atoms with Crippen LogP contribution in [0.1, 0.15) is 30.0 Å². The zero-order chi connectivity index (χ0) is 22.1. The molecule has 0 aromatic heterocycles. The van der Waals surface area contributed by atoms with Gasteiger partial charge in [-0.25, -0.2) is 4.79 Å². The topological polar surface area (TPSA) is 46.6 Å². The lowest BCUT2D eigenvalue weighted by molar-refractivity contribution is -0.142. The summed E-state index contributed by atoms with van der Waals surface area (Å²) < 4.78 is 5.37. The third-order valence-corrected chi connectivity index (χ3v) is 5.52. The predicted octanol–water partition coefficient (Wildman–Crippen LogP) is 4.94. The molecule has 31 heavy (non-hydrogen) atoms. The summed E-state index contributed by atoms with van der Waals surface area (Å²) in [7, 11) is 0. The maximum Gasteiger partial charge on any atom is 0.330 e. The van der Waals surface area contributed by atoms with Crippen molar-refractivity contribution in [2.45, 2.75) is 24.9 Å². The van der Waals surface area contributed by atoms with Crippen LogP contribution in [0.25, 0.3) is 0 Å². The molecule has 0 saturated heterocycles. The first-order valence-electron chi connectivity index (χ1n) is 10.4. The van der Waals surface area contributed by atoms with Crippen molar-refractivity contribution >= 4 is 12.4 Å². The Morgan fingerprint density at radius 3 is 1.65 bits per heavy atom. The first kappa shape index (κ1) is 22.0. The minimum atomic E-state index is -0.896. The Balaban J connectivity index is 2.28. The van der Waals surface area contributed by atoms with Gasteiger partial charge >= 0.3 is 5.97 Å². The van der Waals surface area contributed by atoms with Gasteiger partial charge in [-0.15, -0.1) is 0 Å². The van der Waals surface area contributed by atoms with Gasteiger partial charge in [-0.2, -0.15) is 0 Å². The first-order valence-corrected chi connectivity index (χ1v) is 10.4. The summed E-state index contributed by atoms with van der Waals surface area (Å²) in [5.41, 5.74) is 1.96. The molecule has 3 aromatic rings. The number of rotatable bonds is 10. The molecule has 158 valence electrons. The summed E-state index contributed by atoms with van der Waals surface area (Å²) >= 11 is 0. The van der Waals surface area contributed by atoms with E-state index in [9.17, 15) is 9.59 Å². The molecule has 0 aliphatic heterocycles. The minimum Gasteiger partial charge on any atom is -0.460 e. The number of nitrogens with zero attached hydrogens (tertiary/aromatic N) is 1. The van der Waals surface area contributed by atoms with Crippen molar-refractivity contribution in [1.82, 2.24) is 4.90 Å². The molecule has 0 aliphatic carbocycles. The van der Waals surface area contributed by atoms with E-state index in [2.05, 4.69) is 6.58 Å². The summed E-state index contributed by atoms with van der Waals surface area (Å²) in [4.78, 5) is 26.3. The van der Waals surface area contributed by atoms with Crippen molar-refractivity contribution in [3.8, 4) is 0 Å². The fraction of sp³-hybridized carbons (Fsp3) is 0.185. The lowest BCUT2D eigenvalue weighted by atomic mass is 9.75. The van der Waals surface area contributed by atoms with Gasteiger partial charge in [0, 0.05) is 6.08 Å². The molecular weight excluding hydrogens is 386 g/mol. The van der Waals surface area contributed by atoms with E-state index in [0.29, 0.717) is 6.42 Å². The molecule has 1 atom stereocenters. The summed E-state index contributed by atoms with van der Waals surface area (Å²) in [5.74, 6) is -0.506. The van der Waals surface area contributed by atoms with Crippen molar-refractivity contribution in [1.29, 1.82) is 0 Å². The van der Waals surface area contributed by atoms with Gasteiger partial charge in [0.1, 0.15) is 12.1 Å². The van der Waals surface area contributed by atoms with E-state index in [0.717, 1.165) is 29.2 Å². The molecular formula is C27H27NO3. The molecule has 4 nitrogen and oxygen atoms in total. The summed E-state index contributed by atoms with van der Waals surface area (Å²) in [5, 5.41) is 0. The van der Waals surface area contributed by atoms with Gasteiger partial charge in [0.25, 0.3) is 0 Å². The van der Waals surface area contributed by atoms with E-state index >= 15 is 0 Å². The van der Waals surface area contributed by atoms with Crippen LogP contribution in [0.2, 0.25) is 0 Å². The van der Waals surface area contributed by atoms with Crippen LogP contribution in [0.15, 0.2) is 104 Å². The maximum absolute atomic E-state index is 12.8. The second kappa shape index (κ2) is 10.4. The SMILES string of the molecule is C=CC(=O)OCC(CC)N(C=O)C(c1ccccc1)(c1ccccc1)c1ccccc1. The Labute approximate surface area is 183 Å². The van der Waals surface area contributed by atoms with Crippen LogP contribution in [0.4, 0.5) is 0 Å². The molecule has 0 bridgehead atoms. The molecule has 0 aliphatic rings. The number of esters is 1. The highest BCUT2D eigenvalue weighted by Gasteiger charge is 2.44. The molecule has 0 radical (unpaired) electrons. The number of carbonyl (C=O) groups excluding carboxylic acids is 2. The number of ether oxygens (including phenoxy) is 1. The summed E-state index contributed by atoms with van der Waals surface area (Å²) in [6.45, 7) is 5.52. The van der Waals surface area contributed by atoms with E-state index < -0.39 is 11.5 Å². The fourth-order valence-corrected chi connectivity index (χ4v) is 4.06. The number of hydrogen-bond acceptors (Lipinski definition) is 3. The van der Waals surface area contributed by atoms with Crippen LogP contribution in [0.5, 0.6) is 0 Å². The molecule has 0 spiro atoms. The highest BCUT2D eigenvalue weighted by atomic mass is 16.5. The molecule has 3 rings (SSSR count). The van der Waals surface area contributed by atoms with E-state index in [1.165, 1.54) is 0 Å². The Kier molecular flexibility index (Phi) is 7.39. The fourth-order valence-electron chi connectivity index (χ4n) is 4.06. The molecule has 0 fully saturated rings. The average molecular weight is 414 g/mol. The van der Waals surface area contributed by atoms with Crippen LogP contribution in [0, 0.1) is 0 Å². The molecule has 3 aromatic carbocycles. The lowest BCUT2D eigenvalue weighted by Gasteiger charge is -2.47. The highest BCUT2D eigenvalue weighted by molar-refractivity contribution is 5.81. The van der Waals surface area contributed by atoms with Crippen molar-refractivity contribution < 1.29 is 14.3 Å². The Morgan fingerprint density at radius 2 is 1.32 bits per heavy atom. The standard InChI is InChI=1S/C27H27NO3/c1-3-25(20-31-26(30)4-2)28(21-29)27(22-14-8-5-9-15-22,23-16-10-6-11-17-23)24-18-12-7-13-19-24/h4-19,21,25H,2-3,20H2,1H3. The van der Waals surface area contributed by atoms with Crippen LogP contribution >= 0.6 is 0 Å². The van der Waals surface area contributed by atoms with Gasteiger partial charge < -0.3 is 9.64 Å². The van der Waals surface area contributed by atoms with Gasteiger partial charge in [0.15, 0.2) is 0 Å².